The molecule has 0 spiro atoms. The fraction of sp³-hybridized carbons (Fsp3) is 0.0909. The van der Waals surface area contributed by atoms with E-state index in [9.17, 15) is 31.1 Å². The number of nitrogens with one attached hydrogen (secondary N) is 3. The number of amides is 2. The fourth-order valence-corrected chi connectivity index (χ4v) is 3.20. The summed E-state index contributed by atoms with van der Waals surface area (Å²) in [6, 6.07) is 12.3. The molecule has 0 aliphatic rings. The van der Waals surface area contributed by atoms with E-state index in [0.717, 1.165) is 30.3 Å². The summed E-state index contributed by atoms with van der Waals surface area (Å²) in [6.07, 6.45) is -9.05. The minimum Gasteiger partial charge on any atom is -0.308 e. The number of tetrazole rings is 1. The SMILES string of the molecule is O=C(Nc1cccc(C(F)(F)F)c1)Nc1ccc(-c2ccc(C(F)(F)F)cc2)cc1-c1nn[nH]n1. The van der Waals surface area contributed by atoms with E-state index >= 15 is 0 Å². The number of urea groups is 1. The fourth-order valence-electron chi connectivity index (χ4n) is 3.20. The maximum Gasteiger partial charge on any atom is 0.416 e. The molecule has 13 heteroatoms. The van der Waals surface area contributed by atoms with Gasteiger partial charge in [0.25, 0.3) is 0 Å². The molecule has 4 aromatic rings. The Labute approximate surface area is 193 Å². The second kappa shape index (κ2) is 9.08. The molecule has 0 aliphatic carbocycles. The standard InChI is InChI=1S/C22H14F6N6O/c23-21(24,25)14-7-4-12(5-8-14)13-6-9-18(17(10-13)19-31-33-34-32-19)30-20(35)29-16-3-1-2-15(11-16)22(26,27)28/h1-11H,(H2,29,30,35)(H,31,32,33,34). The number of aromatic nitrogens is 4. The van der Waals surface area contributed by atoms with Crippen molar-refractivity contribution in [2.75, 3.05) is 10.6 Å². The lowest BCUT2D eigenvalue weighted by Gasteiger charge is -2.14. The molecule has 7 nitrogen and oxygen atoms in total. The number of H-pyrrole nitrogens is 1. The summed E-state index contributed by atoms with van der Waals surface area (Å²) in [5, 5.41) is 18.3. The highest BCUT2D eigenvalue weighted by Gasteiger charge is 2.31. The van der Waals surface area contributed by atoms with Crippen LogP contribution in [-0.2, 0) is 12.4 Å². The Hall–Kier alpha value is -4.42. The summed E-state index contributed by atoms with van der Waals surface area (Å²) >= 11 is 0. The van der Waals surface area contributed by atoms with Crippen LogP contribution < -0.4 is 10.6 Å². The molecule has 4 rings (SSSR count). The highest BCUT2D eigenvalue weighted by atomic mass is 19.4. The van der Waals surface area contributed by atoms with Gasteiger partial charge in [-0.15, -0.1) is 10.2 Å². The van der Waals surface area contributed by atoms with Gasteiger partial charge in [-0.2, -0.15) is 31.6 Å². The first kappa shape index (κ1) is 23.7. The van der Waals surface area contributed by atoms with E-state index in [0.29, 0.717) is 11.1 Å². The molecule has 1 heterocycles. The van der Waals surface area contributed by atoms with Gasteiger partial charge in [0.2, 0.25) is 5.82 Å². The van der Waals surface area contributed by atoms with Gasteiger partial charge in [0, 0.05) is 11.3 Å². The molecule has 0 saturated carbocycles. The maximum absolute atomic E-state index is 12.9. The average Bonchev–Trinajstić information content (AvgIpc) is 3.33. The van der Waals surface area contributed by atoms with Gasteiger partial charge in [-0.1, -0.05) is 24.3 Å². The van der Waals surface area contributed by atoms with E-state index < -0.39 is 29.5 Å². The Morgan fingerprint density at radius 1 is 0.771 bits per heavy atom. The van der Waals surface area contributed by atoms with E-state index in [4.69, 9.17) is 0 Å². The third-order valence-electron chi connectivity index (χ3n) is 4.85. The first-order valence-electron chi connectivity index (χ1n) is 9.81. The monoisotopic (exact) mass is 492 g/mol. The van der Waals surface area contributed by atoms with Gasteiger partial charge >= 0.3 is 18.4 Å². The number of alkyl halides is 6. The van der Waals surface area contributed by atoms with Crippen LogP contribution in [0.2, 0.25) is 0 Å². The molecule has 0 aliphatic heterocycles. The van der Waals surface area contributed by atoms with E-state index in [1.165, 1.54) is 30.3 Å². The van der Waals surface area contributed by atoms with Crippen molar-refractivity contribution in [3.63, 3.8) is 0 Å². The van der Waals surface area contributed by atoms with Gasteiger partial charge in [0.05, 0.1) is 16.8 Å². The number of hydrogen-bond donors (Lipinski definition) is 3. The van der Waals surface area contributed by atoms with Crippen molar-refractivity contribution in [3.05, 3.63) is 77.9 Å². The highest BCUT2D eigenvalue weighted by Crippen LogP contribution is 2.34. The molecule has 0 bridgehead atoms. The van der Waals surface area contributed by atoms with Crippen LogP contribution in [0, 0.1) is 0 Å². The predicted octanol–water partition coefficient (Wildman–Crippen LogP) is 6.22. The molecule has 0 fully saturated rings. The minimum atomic E-state index is -4.58. The van der Waals surface area contributed by atoms with Gasteiger partial charge in [-0.05, 0) is 58.8 Å². The Kier molecular flexibility index (Phi) is 6.16. The molecule has 1 aromatic heterocycles. The zero-order valence-electron chi connectivity index (χ0n) is 17.4. The highest BCUT2D eigenvalue weighted by molar-refractivity contribution is 6.02. The summed E-state index contributed by atoms with van der Waals surface area (Å²) in [5.41, 5.74) is -0.389. The van der Waals surface area contributed by atoms with Crippen molar-refractivity contribution in [3.8, 4) is 22.5 Å². The third-order valence-corrected chi connectivity index (χ3v) is 4.85. The molecule has 180 valence electrons. The van der Waals surface area contributed by atoms with Crippen molar-refractivity contribution in [2.45, 2.75) is 12.4 Å². The normalized spacial score (nSPS) is 11.8. The zero-order chi connectivity index (χ0) is 25.2. The van der Waals surface area contributed by atoms with Gasteiger partial charge < -0.3 is 10.6 Å². The quantitative estimate of drug-likeness (QED) is 0.295. The summed E-state index contributed by atoms with van der Waals surface area (Å²) in [5.74, 6) is 0.0770. The lowest BCUT2D eigenvalue weighted by molar-refractivity contribution is -0.138. The van der Waals surface area contributed by atoms with Gasteiger partial charge in [0.1, 0.15) is 0 Å². The van der Waals surface area contributed by atoms with Crippen LogP contribution in [0.25, 0.3) is 22.5 Å². The maximum atomic E-state index is 12.9. The summed E-state index contributed by atoms with van der Waals surface area (Å²) < 4.78 is 77.3. The first-order valence-corrected chi connectivity index (χ1v) is 9.81. The van der Waals surface area contributed by atoms with Gasteiger partial charge in [-0.25, -0.2) is 4.79 Å². The largest absolute Gasteiger partial charge is 0.416 e. The molecular weight excluding hydrogens is 478 g/mol. The first-order chi connectivity index (χ1) is 16.5. The molecule has 35 heavy (non-hydrogen) atoms. The van der Waals surface area contributed by atoms with Crippen LogP contribution in [0.1, 0.15) is 11.1 Å². The molecule has 0 radical (unpaired) electrons. The van der Waals surface area contributed by atoms with E-state index in [2.05, 4.69) is 31.3 Å². The van der Waals surface area contributed by atoms with Crippen molar-refractivity contribution in [1.29, 1.82) is 0 Å². The third kappa shape index (κ3) is 5.57. The zero-order valence-corrected chi connectivity index (χ0v) is 17.4. The molecule has 2 amide bonds. The predicted molar refractivity (Wildman–Crippen MR) is 114 cm³/mol. The minimum absolute atomic E-state index is 0.0770. The average molecular weight is 492 g/mol. The smallest absolute Gasteiger partial charge is 0.308 e. The van der Waals surface area contributed by atoms with E-state index in [-0.39, 0.29) is 22.8 Å². The van der Waals surface area contributed by atoms with Crippen LogP contribution in [0.15, 0.2) is 66.7 Å². The van der Waals surface area contributed by atoms with E-state index in [1.54, 1.807) is 6.07 Å². The second-order valence-corrected chi connectivity index (χ2v) is 7.23. The number of aromatic amines is 1. The molecule has 0 atom stereocenters. The molecule has 0 saturated heterocycles. The van der Waals surface area contributed by atoms with Crippen LogP contribution in [0.5, 0.6) is 0 Å². The molecule has 3 aromatic carbocycles. The number of hydrogen-bond acceptors (Lipinski definition) is 4. The Morgan fingerprint density at radius 3 is 2.09 bits per heavy atom. The van der Waals surface area contributed by atoms with Gasteiger partial charge in [-0.3, -0.25) is 0 Å². The summed E-state index contributed by atoms with van der Waals surface area (Å²) in [6.45, 7) is 0. The number of benzene rings is 3. The van der Waals surface area contributed by atoms with Crippen molar-refractivity contribution >= 4 is 17.4 Å². The van der Waals surface area contributed by atoms with Crippen LogP contribution >= 0.6 is 0 Å². The van der Waals surface area contributed by atoms with Crippen LogP contribution in [0.3, 0.4) is 0 Å². The van der Waals surface area contributed by atoms with Crippen LogP contribution in [-0.4, -0.2) is 26.7 Å². The lowest BCUT2D eigenvalue weighted by Crippen LogP contribution is -2.20. The second-order valence-electron chi connectivity index (χ2n) is 7.23. The topological polar surface area (TPSA) is 95.6 Å². The van der Waals surface area contributed by atoms with Crippen LogP contribution in [0.4, 0.5) is 42.5 Å². The summed E-state index contributed by atoms with van der Waals surface area (Å²) in [4.78, 5) is 12.5. The Morgan fingerprint density at radius 2 is 1.46 bits per heavy atom. The number of halogens is 6. The van der Waals surface area contributed by atoms with Gasteiger partial charge in [0.15, 0.2) is 0 Å². The van der Waals surface area contributed by atoms with Crippen molar-refractivity contribution in [1.82, 2.24) is 20.6 Å². The Bertz CT molecular complexity index is 1330. The van der Waals surface area contributed by atoms with Crippen molar-refractivity contribution in [2.24, 2.45) is 0 Å². The molecular formula is C22H14F6N6O. The number of nitrogens with zero attached hydrogens (tertiary/aromatic N) is 3. The summed E-state index contributed by atoms with van der Waals surface area (Å²) in [7, 11) is 0. The molecule has 3 N–H and O–H groups in total. The molecule has 0 unspecified atom stereocenters. The Balaban J connectivity index is 1.60. The number of rotatable bonds is 4. The number of carbonyl (C=O) groups is 1. The van der Waals surface area contributed by atoms with Crippen molar-refractivity contribution < 1.29 is 31.1 Å². The number of carbonyl (C=O) groups excluding carboxylic acids is 1. The lowest BCUT2D eigenvalue weighted by atomic mass is 10.00. The number of anilines is 2. The van der Waals surface area contributed by atoms with E-state index in [1.807, 2.05) is 0 Å².